The van der Waals surface area contributed by atoms with Crippen LogP contribution in [0.2, 0.25) is 0 Å². The number of carbonyl (C=O) groups excluding carboxylic acids is 1. The standard InChI is InChI=1S/C8H11NO5/c10-5-3-1-2-4(9-5)6(7(11)12)8(13)14/h4,6H,1-3H2,(H,9,10)(H,11,12)(H,13,14)/t4-/m1/s1. The van der Waals surface area contributed by atoms with Crippen LogP contribution in [-0.4, -0.2) is 34.1 Å². The molecular weight excluding hydrogens is 190 g/mol. The Morgan fingerprint density at radius 1 is 1.36 bits per heavy atom. The van der Waals surface area contributed by atoms with Gasteiger partial charge in [-0.15, -0.1) is 0 Å². The van der Waals surface area contributed by atoms with Gasteiger partial charge < -0.3 is 15.5 Å². The van der Waals surface area contributed by atoms with E-state index < -0.39 is 23.9 Å². The van der Waals surface area contributed by atoms with Crippen molar-refractivity contribution in [2.24, 2.45) is 5.92 Å². The number of rotatable bonds is 3. The van der Waals surface area contributed by atoms with Crippen molar-refractivity contribution in [3.63, 3.8) is 0 Å². The lowest BCUT2D eigenvalue weighted by Crippen LogP contribution is -2.49. The fourth-order valence-corrected chi connectivity index (χ4v) is 1.53. The molecule has 78 valence electrons. The first-order valence-electron chi connectivity index (χ1n) is 4.27. The number of aliphatic carboxylic acids is 2. The molecule has 0 aromatic rings. The molecule has 6 heteroatoms. The van der Waals surface area contributed by atoms with Crippen LogP contribution in [0.4, 0.5) is 0 Å². The van der Waals surface area contributed by atoms with Crippen LogP contribution in [0.5, 0.6) is 0 Å². The SMILES string of the molecule is O=C1CCC[C@H](C(C(=O)O)C(=O)O)N1. The van der Waals surface area contributed by atoms with Gasteiger partial charge in [0.25, 0.3) is 0 Å². The zero-order chi connectivity index (χ0) is 10.7. The molecule has 1 fully saturated rings. The molecule has 0 spiro atoms. The van der Waals surface area contributed by atoms with E-state index in [1.165, 1.54) is 0 Å². The van der Waals surface area contributed by atoms with Crippen molar-refractivity contribution in [3.8, 4) is 0 Å². The number of nitrogens with one attached hydrogen (secondary N) is 1. The van der Waals surface area contributed by atoms with E-state index in [0.717, 1.165) is 0 Å². The molecule has 0 unspecified atom stereocenters. The van der Waals surface area contributed by atoms with E-state index >= 15 is 0 Å². The number of hydrogen-bond acceptors (Lipinski definition) is 3. The molecule has 3 N–H and O–H groups in total. The lowest BCUT2D eigenvalue weighted by Gasteiger charge is -2.25. The fourth-order valence-electron chi connectivity index (χ4n) is 1.53. The third-order valence-electron chi connectivity index (χ3n) is 2.20. The minimum atomic E-state index is -1.54. The van der Waals surface area contributed by atoms with E-state index in [1.54, 1.807) is 0 Å². The zero-order valence-corrected chi connectivity index (χ0v) is 7.40. The normalized spacial score (nSPS) is 21.8. The van der Waals surface area contributed by atoms with Gasteiger partial charge in [-0.05, 0) is 12.8 Å². The molecule has 1 aliphatic rings. The maximum absolute atomic E-state index is 10.9. The molecule has 0 bridgehead atoms. The number of amides is 1. The Morgan fingerprint density at radius 2 is 1.93 bits per heavy atom. The smallest absolute Gasteiger partial charge is 0.320 e. The van der Waals surface area contributed by atoms with Gasteiger partial charge in [-0.25, -0.2) is 0 Å². The molecule has 0 aromatic carbocycles. The molecule has 0 aromatic heterocycles. The van der Waals surface area contributed by atoms with Gasteiger partial charge in [0.15, 0.2) is 5.92 Å². The molecule has 1 amide bonds. The van der Waals surface area contributed by atoms with Crippen LogP contribution in [0.15, 0.2) is 0 Å². The molecule has 6 nitrogen and oxygen atoms in total. The Labute approximate surface area is 79.9 Å². The highest BCUT2D eigenvalue weighted by Gasteiger charge is 2.37. The highest BCUT2D eigenvalue weighted by molar-refractivity contribution is 5.94. The second-order valence-electron chi connectivity index (χ2n) is 3.22. The third kappa shape index (κ3) is 2.21. The van der Waals surface area contributed by atoms with Crippen molar-refractivity contribution in [1.82, 2.24) is 5.32 Å². The summed E-state index contributed by atoms with van der Waals surface area (Å²) >= 11 is 0. The summed E-state index contributed by atoms with van der Waals surface area (Å²) in [6.07, 6.45) is 1.27. The van der Waals surface area contributed by atoms with Gasteiger partial charge in [0.1, 0.15) is 0 Å². The Morgan fingerprint density at radius 3 is 2.36 bits per heavy atom. The summed E-state index contributed by atoms with van der Waals surface area (Å²) in [5.74, 6) is -4.65. The summed E-state index contributed by atoms with van der Waals surface area (Å²) in [7, 11) is 0. The van der Waals surface area contributed by atoms with Crippen LogP contribution in [0.3, 0.4) is 0 Å². The van der Waals surface area contributed by atoms with Gasteiger partial charge in [-0.1, -0.05) is 0 Å². The average molecular weight is 201 g/mol. The van der Waals surface area contributed by atoms with Crippen molar-refractivity contribution < 1.29 is 24.6 Å². The largest absolute Gasteiger partial charge is 0.481 e. The van der Waals surface area contributed by atoms with E-state index in [2.05, 4.69) is 5.32 Å². The number of hydrogen-bond donors (Lipinski definition) is 3. The lowest BCUT2D eigenvalue weighted by atomic mass is 9.92. The second kappa shape index (κ2) is 4.08. The molecule has 1 heterocycles. The predicted molar refractivity (Wildman–Crippen MR) is 44.5 cm³/mol. The van der Waals surface area contributed by atoms with Crippen LogP contribution >= 0.6 is 0 Å². The Kier molecular flexibility index (Phi) is 3.06. The lowest BCUT2D eigenvalue weighted by molar-refractivity contribution is -0.156. The number of carboxylic acids is 2. The van der Waals surface area contributed by atoms with E-state index in [-0.39, 0.29) is 5.91 Å². The van der Waals surface area contributed by atoms with Gasteiger partial charge in [-0.3, -0.25) is 14.4 Å². The van der Waals surface area contributed by atoms with Crippen molar-refractivity contribution >= 4 is 17.8 Å². The Bertz CT molecular complexity index is 261. The highest BCUT2D eigenvalue weighted by Crippen LogP contribution is 2.16. The topological polar surface area (TPSA) is 104 Å². The summed E-state index contributed by atoms with van der Waals surface area (Å²) in [5, 5.41) is 19.7. The van der Waals surface area contributed by atoms with Crippen molar-refractivity contribution in [2.45, 2.75) is 25.3 Å². The molecule has 1 atom stereocenters. The van der Waals surface area contributed by atoms with Gasteiger partial charge in [0.05, 0.1) is 6.04 Å². The highest BCUT2D eigenvalue weighted by atomic mass is 16.4. The molecule has 14 heavy (non-hydrogen) atoms. The number of piperidine rings is 1. The van der Waals surface area contributed by atoms with E-state index in [1.807, 2.05) is 0 Å². The average Bonchev–Trinajstić information content (AvgIpc) is 2.02. The van der Waals surface area contributed by atoms with Gasteiger partial charge >= 0.3 is 11.9 Å². The van der Waals surface area contributed by atoms with Crippen LogP contribution in [-0.2, 0) is 14.4 Å². The molecule has 0 radical (unpaired) electrons. The van der Waals surface area contributed by atoms with Crippen molar-refractivity contribution in [3.05, 3.63) is 0 Å². The summed E-state index contributed by atoms with van der Waals surface area (Å²) in [6, 6.07) is -0.786. The van der Waals surface area contributed by atoms with Gasteiger partial charge in [0.2, 0.25) is 5.91 Å². The van der Waals surface area contributed by atoms with E-state index in [9.17, 15) is 14.4 Å². The van der Waals surface area contributed by atoms with Crippen LogP contribution in [0.1, 0.15) is 19.3 Å². The summed E-state index contributed by atoms with van der Waals surface area (Å²) in [4.78, 5) is 32.2. The number of carbonyl (C=O) groups is 3. The van der Waals surface area contributed by atoms with Gasteiger partial charge in [-0.2, -0.15) is 0 Å². The van der Waals surface area contributed by atoms with E-state index in [4.69, 9.17) is 10.2 Å². The monoisotopic (exact) mass is 201 g/mol. The first-order chi connectivity index (χ1) is 6.52. The molecule has 1 aliphatic heterocycles. The van der Waals surface area contributed by atoms with Crippen LogP contribution in [0.25, 0.3) is 0 Å². The van der Waals surface area contributed by atoms with Crippen molar-refractivity contribution in [1.29, 1.82) is 0 Å². The Hall–Kier alpha value is -1.59. The summed E-state index contributed by atoms with van der Waals surface area (Å²) in [6.45, 7) is 0. The minimum Gasteiger partial charge on any atom is -0.481 e. The first-order valence-corrected chi connectivity index (χ1v) is 4.27. The summed E-state index contributed by atoms with van der Waals surface area (Å²) < 4.78 is 0. The van der Waals surface area contributed by atoms with Crippen LogP contribution in [0, 0.1) is 5.92 Å². The van der Waals surface area contributed by atoms with Gasteiger partial charge in [0, 0.05) is 6.42 Å². The fraction of sp³-hybridized carbons (Fsp3) is 0.625. The quantitative estimate of drug-likeness (QED) is 0.531. The predicted octanol–water partition coefficient (Wildman–Crippen LogP) is -0.559. The molecule has 1 rings (SSSR count). The molecule has 0 saturated carbocycles. The second-order valence-corrected chi connectivity index (χ2v) is 3.22. The minimum absolute atomic E-state index is 0.284. The molecular formula is C8H11NO5. The Balaban J connectivity index is 2.72. The maximum Gasteiger partial charge on any atom is 0.320 e. The zero-order valence-electron chi connectivity index (χ0n) is 7.40. The van der Waals surface area contributed by atoms with Crippen molar-refractivity contribution in [2.75, 3.05) is 0 Å². The first kappa shape index (κ1) is 10.5. The third-order valence-corrected chi connectivity index (χ3v) is 2.20. The molecule has 0 aliphatic carbocycles. The van der Waals surface area contributed by atoms with E-state index in [0.29, 0.717) is 19.3 Å². The molecule has 1 saturated heterocycles. The summed E-state index contributed by atoms with van der Waals surface area (Å²) in [5.41, 5.74) is 0. The number of carboxylic acid groups (broad SMARTS) is 2. The van der Waals surface area contributed by atoms with Crippen LogP contribution < -0.4 is 5.32 Å². The maximum atomic E-state index is 10.9.